The minimum Gasteiger partial charge on any atom is -0.493 e. The van der Waals surface area contributed by atoms with Gasteiger partial charge in [0.25, 0.3) is 0 Å². The number of ether oxygens (including phenoxy) is 1. The van der Waals surface area contributed by atoms with Crippen molar-refractivity contribution in [2.45, 2.75) is 12.5 Å². The molecule has 0 aromatic heterocycles. The lowest BCUT2D eigenvalue weighted by Gasteiger charge is -2.26. The molecule has 0 spiro atoms. The van der Waals surface area contributed by atoms with Crippen molar-refractivity contribution in [3.63, 3.8) is 0 Å². The molecule has 1 atom stereocenters. The van der Waals surface area contributed by atoms with Gasteiger partial charge in [-0.05, 0) is 29.8 Å². The molecule has 1 heterocycles. The molecule has 1 N–H and O–H groups in total. The second-order valence-corrected chi connectivity index (χ2v) is 6.06. The number of benzene rings is 2. The molecule has 1 aliphatic rings. The smallest absolute Gasteiger partial charge is 0.244 e. The minimum atomic E-state index is -0.155. The monoisotopic (exact) mass is 347 g/mol. The van der Waals surface area contributed by atoms with Crippen molar-refractivity contribution in [3.05, 3.63) is 69.7 Å². The van der Waals surface area contributed by atoms with Crippen molar-refractivity contribution in [1.82, 2.24) is 5.32 Å². The predicted molar refractivity (Wildman–Crippen MR) is 92.9 cm³/mol. The van der Waals surface area contributed by atoms with Crippen LogP contribution in [0.3, 0.4) is 0 Å². The van der Waals surface area contributed by atoms with Crippen molar-refractivity contribution in [3.8, 4) is 5.75 Å². The zero-order chi connectivity index (χ0) is 16.2. The SMILES string of the molecule is O=C(/C=C/c1ccc(Cl)c(Cl)c1)NC1CCOc2ccccc21. The summed E-state index contributed by atoms with van der Waals surface area (Å²) >= 11 is 11.8. The maximum Gasteiger partial charge on any atom is 0.244 e. The largest absolute Gasteiger partial charge is 0.493 e. The van der Waals surface area contributed by atoms with Gasteiger partial charge >= 0.3 is 0 Å². The Kier molecular flexibility index (Phi) is 4.89. The molecule has 118 valence electrons. The van der Waals surface area contributed by atoms with Crippen LogP contribution in [0.2, 0.25) is 10.0 Å². The van der Waals surface area contributed by atoms with E-state index < -0.39 is 0 Å². The van der Waals surface area contributed by atoms with Gasteiger partial charge in [-0.2, -0.15) is 0 Å². The summed E-state index contributed by atoms with van der Waals surface area (Å²) in [5, 5.41) is 3.96. The summed E-state index contributed by atoms with van der Waals surface area (Å²) in [6.45, 7) is 0.596. The lowest BCUT2D eigenvalue weighted by Crippen LogP contribution is -2.30. The molecule has 1 aliphatic heterocycles. The first kappa shape index (κ1) is 15.9. The summed E-state index contributed by atoms with van der Waals surface area (Å²) in [5.41, 5.74) is 1.83. The Morgan fingerprint density at radius 2 is 2.00 bits per heavy atom. The second-order valence-electron chi connectivity index (χ2n) is 5.24. The molecular formula is C18H15Cl2NO2. The molecule has 0 saturated heterocycles. The van der Waals surface area contributed by atoms with Crippen molar-refractivity contribution in [1.29, 1.82) is 0 Å². The fourth-order valence-electron chi connectivity index (χ4n) is 2.50. The van der Waals surface area contributed by atoms with Crippen LogP contribution in [0.25, 0.3) is 6.08 Å². The number of amides is 1. The van der Waals surface area contributed by atoms with Crippen LogP contribution in [0.1, 0.15) is 23.6 Å². The number of carbonyl (C=O) groups excluding carboxylic acids is 1. The quantitative estimate of drug-likeness (QED) is 0.821. The zero-order valence-electron chi connectivity index (χ0n) is 12.3. The number of carbonyl (C=O) groups is 1. The molecule has 1 amide bonds. The van der Waals surface area contributed by atoms with Gasteiger partial charge in [-0.15, -0.1) is 0 Å². The van der Waals surface area contributed by atoms with E-state index >= 15 is 0 Å². The topological polar surface area (TPSA) is 38.3 Å². The Hall–Kier alpha value is -1.97. The van der Waals surface area contributed by atoms with Gasteiger partial charge in [-0.1, -0.05) is 47.5 Å². The van der Waals surface area contributed by atoms with Crippen molar-refractivity contribution in [2.24, 2.45) is 0 Å². The maximum absolute atomic E-state index is 12.1. The lowest BCUT2D eigenvalue weighted by atomic mass is 10.0. The fourth-order valence-corrected chi connectivity index (χ4v) is 2.81. The van der Waals surface area contributed by atoms with Crippen LogP contribution < -0.4 is 10.1 Å². The first-order valence-electron chi connectivity index (χ1n) is 7.29. The Morgan fingerprint density at radius 3 is 2.83 bits per heavy atom. The molecule has 0 bridgehead atoms. The average Bonchev–Trinajstić information content (AvgIpc) is 2.56. The molecule has 0 fully saturated rings. The summed E-state index contributed by atoms with van der Waals surface area (Å²) < 4.78 is 5.59. The van der Waals surface area contributed by atoms with E-state index in [0.717, 1.165) is 23.3 Å². The van der Waals surface area contributed by atoms with E-state index in [0.29, 0.717) is 16.7 Å². The van der Waals surface area contributed by atoms with Crippen molar-refractivity contribution in [2.75, 3.05) is 6.61 Å². The highest BCUT2D eigenvalue weighted by Crippen LogP contribution is 2.31. The molecule has 1 unspecified atom stereocenters. The van der Waals surface area contributed by atoms with Crippen LogP contribution >= 0.6 is 23.2 Å². The molecular weight excluding hydrogens is 333 g/mol. The third-order valence-electron chi connectivity index (χ3n) is 3.65. The van der Waals surface area contributed by atoms with Crippen LogP contribution in [0, 0.1) is 0 Å². The number of hydrogen-bond donors (Lipinski definition) is 1. The third-order valence-corrected chi connectivity index (χ3v) is 4.38. The Morgan fingerprint density at radius 1 is 1.17 bits per heavy atom. The van der Waals surface area contributed by atoms with E-state index in [-0.39, 0.29) is 11.9 Å². The molecule has 2 aromatic carbocycles. The van der Waals surface area contributed by atoms with E-state index in [9.17, 15) is 4.79 Å². The van der Waals surface area contributed by atoms with Gasteiger partial charge in [-0.25, -0.2) is 0 Å². The molecule has 0 saturated carbocycles. The van der Waals surface area contributed by atoms with Crippen molar-refractivity contribution >= 4 is 35.2 Å². The summed E-state index contributed by atoms with van der Waals surface area (Å²) in [6.07, 6.45) is 3.96. The number of fused-ring (bicyclic) bond motifs is 1. The molecule has 23 heavy (non-hydrogen) atoms. The molecule has 2 aromatic rings. The van der Waals surface area contributed by atoms with Crippen LogP contribution in [0.4, 0.5) is 0 Å². The van der Waals surface area contributed by atoms with E-state index in [1.807, 2.05) is 30.3 Å². The number of hydrogen-bond acceptors (Lipinski definition) is 2. The van der Waals surface area contributed by atoms with Crippen molar-refractivity contribution < 1.29 is 9.53 Å². The molecule has 3 rings (SSSR count). The molecule has 0 radical (unpaired) electrons. The third kappa shape index (κ3) is 3.87. The Bertz CT molecular complexity index is 758. The highest BCUT2D eigenvalue weighted by atomic mass is 35.5. The van der Waals surface area contributed by atoms with E-state index in [1.54, 1.807) is 18.2 Å². The average molecular weight is 348 g/mol. The van der Waals surface area contributed by atoms with Gasteiger partial charge in [0.2, 0.25) is 5.91 Å². The minimum absolute atomic E-state index is 0.0362. The highest BCUT2D eigenvalue weighted by molar-refractivity contribution is 6.42. The Balaban J connectivity index is 1.68. The van der Waals surface area contributed by atoms with Crippen LogP contribution in [0.15, 0.2) is 48.5 Å². The summed E-state index contributed by atoms with van der Waals surface area (Å²) in [6, 6.07) is 13.0. The number of para-hydroxylation sites is 1. The summed E-state index contributed by atoms with van der Waals surface area (Å²) in [4.78, 5) is 12.1. The number of rotatable bonds is 3. The molecule has 5 heteroatoms. The lowest BCUT2D eigenvalue weighted by molar-refractivity contribution is -0.117. The predicted octanol–water partition coefficient (Wildman–Crippen LogP) is 4.65. The Labute approximate surface area is 144 Å². The van der Waals surface area contributed by atoms with Crippen LogP contribution in [-0.2, 0) is 4.79 Å². The number of halogens is 2. The number of nitrogens with one attached hydrogen (secondary N) is 1. The highest BCUT2D eigenvalue weighted by Gasteiger charge is 2.21. The standard InChI is InChI=1S/C18H15Cl2NO2/c19-14-7-5-12(11-15(14)20)6-8-18(22)21-16-9-10-23-17-4-2-1-3-13(16)17/h1-8,11,16H,9-10H2,(H,21,22)/b8-6+. The van der Waals surface area contributed by atoms with Crippen LogP contribution in [0.5, 0.6) is 5.75 Å². The first-order chi connectivity index (χ1) is 11.1. The summed E-state index contributed by atoms with van der Waals surface area (Å²) in [5.74, 6) is 0.676. The first-order valence-corrected chi connectivity index (χ1v) is 8.04. The summed E-state index contributed by atoms with van der Waals surface area (Å²) in [7, 11) is 0. The van der Waals surface area contributed by atoms with E-state index in [2.05, 4.69) is 5.32 Å². The zero-order valence-corrected chi connectivity index (χ0v) is 13.8. The molecule has 3 nitrogen and oxygen atoms in total. The van der Waals surface area contributed by atoms with Gasteiger partial charge in [0.05, 0.1) is 22.7 Å². The normalized spacial score (nSPS) is 16.7. The van der Waals surface area contributed by atoms with Gasteiger partial charge in [0.1, 0.15) is 5.75 Å². The van der Waals surface area contributed by atoms with Gasteiger partial charge in [0, 0.05) is 18.1 Å². The second kappa shape index (κ2) is 7.07. The van der Waals surface area contributed by atoms with Crippen LogP contribution in [-0.4, -0.2) is 12.5 Å². The maximum atomic E-state index is 12.1. The van der Waals surface area contributed by atoms with E-state index in [1.165, 1.54) is 6.08 Å². The van der Waals surface area contributed by atoms with E-state index in [4.69, 9.17) is 27.9 Å². The van der Waals surface area contributed by atoms with Gasteiger partial charge in [0.15, 0.2) is 0 Å². The fraction of sp³-hybridized carbons (Fsp3) is 0.167. The van der Waals surface area contributed by atoms with Gasteiger partial charge < -0.3 is 10.1 Å². The molecule has 0 aliphatic carbocycles. The van der Waals surface area contributed by atoms with Gasteiger partial charge in [-0.3, -0.25) is 4.79 Å².